The van der Waals surface area contributed by atoms with E-state index in [2.05, 4.69) is 15.0 Å². The average molecular weight is 216 g/mol. The van der Waals surface area contributed by atoms with Crippen LogP contribution in [0.5, 0.6) is 0 Å². The van der Waals surface area contributed by atoms with E-state index in [0.29, 0.717) is 5.82 Å². The van der Waals surface area contributed by atoms with E-state index in [1.807, 2.05) is 12.1 Å². The van der Waals surface area contributed by atoms with Crippen molar-refractivity contribution in [3.63, 3.8) is 0 Å². The Kier molecular flexibility index (Phi) is 3.19. The standard InChI is InChI=1S/C11H12N4O/c12-9(7-16)11-14-5-3-10(15-11)8-2-1-4-13-6-8/h1-6,9,16H,7,12H2. The Labute approximate surface area is 93.0 Å². The number of aliphatic hydroxyl groups excluding tert-OH is 1. The molecule has 2 rings (SSSR count). The molecule has 0 bridgehead atoms. The number of hydrogen-bond acceptors (Lipinski definition) is 5. The average Bonchev–Trinajstić information content (AvgIpc) is 2.39. The third kappa shape index (κ3) is 2.21. The van der Waals surface area contributed by atoms with E-state index >= 15 is 0 Å². The molecule has 2 heterocycles. The van der Waals surface area contributed by atoms with Gasteiger partial charge in [-0.3, -0.25) is 4.98 Å². The van der Waals surface area contributed by atoms with Crippen LogP contribution in [-0.4, -0.2) is 26.7 Å². The molecule has 1 atom stereocenters. The maximum atomic E-state index is 8.93. The minimum Gasteiger partial charge on any atom is -0.394 e. The van der Waals surface area contributed by atoms with Gasteiger partial charge in [-0.1, -0.05) is 0 Å². The summed E-state index contributed by atoms with van der Waals surface area (Å²) in [5.74, 6) is 0.434. The van der Waals surface area contributed by atoms with Gasteiger partial charge in [0.15, 0.2) is 0 Å². The monoisotopic (exact) mass is 216 g/mol. The van der Waals surface area contributed by atoms with E-state index < -0.39 is 6.04 Å². The molecule has 0 saturated heterocycles. The molecular weight excluding hydrogens is 204 g/mol. The molecule has 0 aliphatic rings. The summed E-state index contributed by atoms with van der Waals surface area (Å²) in [6.45, 7) is -0.170. The predicted octanol–water partition coefficient (Wildman–Crippen LogP) is 0.531. The Morgan fingerprint density at radius 3 is 2.88 bits per heavy atom. The van der Waals surface area contributed by atoms with Crippen LogP contribution in [0.2, 0.25) is 0 Å². The van der Waals surface area contributed by atoms with E-state index in [9.17, 15) is 0 Å². The van der Waals surface area contributed by atoms with Crippen LogP contribution in [0.1, 0.15) is 11.9 Å². The molecule has 1 unspecified atom stereocenters. The van der Waals surface area contributed by atoms with Crippen LogP contribution in [0, 0.1) is 0 Å². The molecule has 16 heavy (non-hydrogen) atoms. The lowest BCUT2D eigenvalue weighted by Gasteiger charge is -2.07. The summed E-state index contributed by atoms with van der Waals surface area (Å²) in [5, 5.41) is 8.93. The highest BCUT2D eigenvalue weighted by Crippen LogP contribution is 2.15. The van der Waals surface area contributed by atoms with Crippen molar-refractivity contribution in [3.8, 4) is 11.3 Å². The van der Waals surface area contributed by atoms with Gasteiger partial charge in [-0.05, 0) is 18.2 Å². The van der Waals surface area contributed by atoms with Gasteiger partial charge in [0, 0.05) is 24.2 Å². The number of pyridine rings is 1. The maximum Gasteiger partial charge on any atom is 0.147 e. The van der Waals surface area contributed by atoms with Crippen LogP contribution in [0.25, 0.3) is 11.3 Å². The molecule has 2 aromatic heterocycles. The van der Waals surface area contributed by atoms with Gasteiger partial charge in [-0.15, -0.1) is 0 Å². The minimum absolute atomic E-state index is 0.170. The summed E-state index contributed by atoms with van der Waals surface area (Å²) in [5.41, 5.74) is 7.30. The van der Waals surface area contributed by atoms with Gasteiger partial charge in [0.2, 0.25) is 0 Å². The lowest BCUT2D eigenvalue weighted by molar-refractivity contribution is 0.263. The molecule has 0 aliphatic heterocycles. The van der Waals surface area contributed by atoms with Crippen molar-refractivity contribution < 1.29 is 5.11 Å². The largest absolute Gasteiger partial charge is 0.394 e. The number of hydrogen-bond donors (Lipinski definition) is 2. The van der Waals surface area contributed by atoms with Crippen molar-refractivity contribution >= 4 is 0 Å². The van der Waals surface area contributed by atoms with E-state index in [1.165, 1.54) is 0 Å². The third-order valence-corrected chi connectivity index (χ3v) is 2.16. The Bertz CT molecular complexity index is 461. The summed E-state index contributed by atoms with van der Waals surface area (Å²) in [6.07, 6.45) is 5.04. The number of aliphatic hydroxyl groups is 1. The maximum absolute atomic E-state index is 8.93. The molecular formula is C11H12N4O. The summed E-state index contributed by atoms with van der Waals surface area (Å²) in [6, 6.07) is 4.98. The van der Waals surface area contributed by atoms with Crippen molar-refractivity contribution in [1.82, 2.24) is 15.0 Å². The molecule has 2 aromatic rings. The highest BCUT2D eigenvalue weighted by Gasteiger charge is 2.08. The number of aromatic nitrogens is 3. The smallest absolute Gasteiger partial charge is 0.147 e. The molecule has 82 valence electrons. The molecule has 0 saturated carbocycles. The second kappa shape index (κ2) is 4.78. The SMILES string of the molecule is NC(CO)c1nccc(-c2cccnc2)n1. The number of nitrogens with zero attached hydrogens (tertiary/aromatic N) is 3. The Balaban J connectivity index is 2.36. The number of rotatable bonds is 3. The number of nitrogens with two attached hydrogens (primary N) is 1. The van der Waals surface area contributed by atoms with Crippen LogP contribution in [0.15, 0.2) is 36.8 Å². The fraction of sp³-hybridized carbons (Fsp3) is 0.182. The predicted molar refractivity (Wildman–Crippen MR) is 59.3 cm³/mol. The van der Waals surface area contributed by atoms with Gasteiger partial charge in [0.05, 0.1) is 18.3 Å². The second-order valence-corrected chi connectivity index (χ2v) is 3.33. The van der Waals surface area contributed by atoms with E-state index in [4.69, 9.17) is 10.8 Å². The lowest BCUT2D eigenvalue weighted by Crippen LogP contribution is -2.17. The van der Waals surface area contributed by atoms with Gasteiger partial charge in [0.1, 0.15) is 5.82 Å². The lowest BCUT2D eigenvalue weighted by atomic mass is 10.2. The molecule has 0 aromatic carbocycles. The van der Waals surface area contributed by atoms with Gasteiger partial charge in [-0.2, -0.15) is 0 Å². The Morgan fingerprint density at radius 2 is 2.19 bits per heavy atom. The molecule has 3 N–H and O–H groups in total. The fourth-order valence-corrected chi connectivity index (χ4v) is 1.31. The zero-order chi connectivity index (χ0) is 11.4. The first-order valence-electron chi connectivity index (χ1n) is 4.91. The first-order chi connectivity index (χ1) is 7.81. The van der Waals surface area contributed by atoms with Crippen LogP contribution < -0.4 is 5.73 Å². The molecule has 0 aliphatic carbocycles. The molecule has 0 radical (unpaired) electrons. The second-order valence-electron chi connectivity index (χ2n) is 3.33. The summed E-state index contributed by atoms with van der Waals surface area (Å²) in [4.78, 5) is 12.3. The summed E-state index contributed by atoms with van der Waals surface area (Å²) >= 11 is 0. The van der Waals surface area contributed by atoms with Crippen LogP contribution in [0.4, 0.5) is 0 Å². The quantitative estimate of drug-likeness (QED) is 0.781. The Hall–Kier alpha value is -1.85. The first kappa shape index (κ1) is 10.7. The van der Waals surface area contributed by atoms with Crippen molar-refractivity contribution in [2.24, 2.45) is 5.73 Å². The zero-order valence-electron chi connectivity index (χ0n) is 8.61. The van der Waals surface area contributed by atoms with E-state index in [1.54, 1.807) is 24.7 Å². The van der Waals surface area contributed by atoms with E-state index in [0.717, 1.165) is 11.3 Å². The van der Waals surface area contributed by atoms with Gasteiger partial charge in [-0.25, -0.2) is 9.97 Å². The normalized spacial score (nSPS) is 12.4. The van der Waals surface area contributed by atoms with Gasteiger partial charge >= 0.3 is 0 Å². The van der Waals surface area contributed by atoms with Crippen LogP contribution in [-0.2, 0) is 0 Å². The highest BCUT2D eigenvalue weighted by molar-refractivity contribution is 5.56. The van der Waals surface area contributed by atoms with E-state index in [-0.39, 0.29) is 6.61 Å². The van der Waals surface area contributed by atoms with Crippen molar-refractivity contribution in [2.45, 2.75) is 6.04 Å². The van der Waals surface area contributed by atoms with Crippen LogP contribution in [0.3, 0.4) is 0 Å². The molecule has 0 fully saturated rings. The van der Waals surface area contributed by atoms with Crippen LogP contribution >= 0.6 is 0 Å². The zero-order valence-corrected chi connectivity index (χ0v) is 8.61. The van der Waals surface area contributed by atoms with Crippen molar-refractivity contribution in [1.29, 1.82) is 0 Å². The Morgan fingerprint density at radius 1 is 1.31 bits per heavy atom. The molecule has 0 spiro atoms. The van der Waals surface area contributed by atoms with Crippen molar-refractivity contribution in [3.05, 3.63) is 42.6 Å². The molecule has 5 heteroatoms. The summed E-state index contributed by atoms with van der Waals surface area (Å²) < 4.78 is 0. The van der Waals surface area contributed by atoms with Crippen molar-refractivity contribution in [2.75, 3.05) is 6.61 Å². The fourth-order valence-electron chi connectivity index (χ4n) is 1.31. The minimum atomic E-state index is -0.545. The molecule has 5 nitrogen and oxygen atoms in total. The third-order valence-electron chi connectivity index (χ3n) is 2.16. The van der Waals surface area contributed by atoms with Gasteiger partial charge in [0.25, 0.3) is 0 Å². The first-order valence-corrected chi connectivity index (χ1v) is 4.91. The topological polar surface area (TPSA) is 84.9 Å². The highest BCUT2D eigenvalue weighted by atomic mass is 16.3. The van der Waals surface area contributed by atoms with Gasteiger partial charge < -0.3 is 10.8 Å². The molecule has 0 amide bonds. The summed E-state index contributed by atoms with van der Waals surface area (Å²) in [7, 11) is 0.